The summed E-state index contributed by atoms with van der Waals surface area (Å²) in [4.78, 5) is 14.0. The molecule has 0 heterocycles. The summed E-state index contributed by atoms with van der Waals surface area (Å²) < 4.78 is 5.04. The van der Waals surface area contributed by atoms with Crippen LogP contribution in [-0.4, -0.2) is 37.1 Å². The molecule has 19 heavy (non-hydrogen) atoms. The summed E-state index contributed by atoms with van der Waals surface area (Å²) in [7, 11) is 1.65. The second-order valence-corrected chi connectivity index (χ2v) is 4.92. The highest BCUT2D eigenvalue weighted by molar-refractivity contribution is 5.76. The van der Waals surface area contributed by atoms with Crippen LogP contribution in [0, 0.1) is 0 Å². The molecule has 1 aromatic rings. The molecule has 0 spiro atoms. The van der Waals surface area contributed by atoms with Crippen LogP contribution in [0.1, 0.15) is 25.8 Å². The van der Waals surface area contributed by atoms with Crippen molar-refractivity contribution < 1.29 is 9.53 Å². The van der Waals surface area contributed by atoms with Crippen molar-refractivity contribution in [2.75, 3.05) is 26.0 Å². The molecule has 0 saturated carbocycles. The van der Waals surface area contributed by atoms with E-state index in [1.165, 1.54) is 0 Å². The van der Waals surface area contributed by atoms with Crippen molar-refractivity contribution in [2.24, 2.45) is 0 Å². The van der Waals surface area contributed by atoms with Gasteiger partial charge in [0.05, 0.1) is 6.61 Å². The van der Waals surface area contributed by atoms with Gasteiger partial charge in [0.25, 0.3) is 0 Å². The molecule has 0 saturated heterocycles. The monoisotopic (exact) mass is 264 g/mol. The van der Waals surface area contributed by atoms with Gasteiger partial charge in [-0.15, -0.1) is 0 Å². The third-order valence-electron chi connectivity index (χ3n) is 3.06. The van der Waals surface area contributed by atoms with Gasteiger partial charge < -0.3 is 15.4 Å². The van der Waals surface area contributed by atoms with Crippen LogP contribution in [0.2, 0.25) is 0 Å². The molecule has 0 atom stereocenters. The quantitative estimate of drug-likeness (QED) is 0.767. The minimum Gasteiger partial charge on any atom is -0.399 e. The van der Waals surface area contributed by atoms with Crippen molar-refractivity contribution in [1.29, 1.82) is 0 Å². The van der Waals surface area contributed by atoms with Gasteiger partial charge in [0.1, 0.15) is 0 Å². The van der Waals surface area contributed by atoms with E-state index in [9.17, 15) is 4.79 Å². The van der Waals surface area contributed by atoms with E-state index in [-0.39, 0.29) is 11.9 Å². The van der Waals surface area contributed by atoms with Crippen LogP contribution in [0.25, 0.3) is 0 Å². The van der Waals surface area contributed by atoms with Crippen LogP contribution >= 0.6 is 0 Å². The van der Waals surface area contributed by atoms with Crippen molar-refractivity contribution in [2.45, 2.75) is 32.7 Å². The van der Waals surface area contributed by atoms with Crippen LogP contribution < -0.4 is 5.73 Å². The lowest BCUT2D eigenvalue weighted by Gasteiger charge is -2.26. The molecule has 0 aromatic heterocycles. The van der Waals surface area contributed by atoms with Crippen LogP contribution in [0.15, 0.2) is 24.3 Å². The Morgan fingerprint density at radius 2 is 2.16 bits per heavy atom. The zero-order chi connectivity index (χ0) is 14.3. The molecular weight excluding hydrogens is 240 g/mol. The van der Waals surface area contributed by atoms with E-state index in [1.807, 2.05) is 43.0 Å². The van der Waals surface area contributed by atoms with E-state index < -0.39 is 0 Å². The number of aryl methyl sites for hydroxylation is 1. The average molecular weight is 264 g/mol. The molecule has 1 aromatic carbocycles. The van der Waals surface area contributed by atoms with Crippen LogP contribution in [0.3, 0.4) is 0 Å². The number of benzene rings is 1. The third-order valence-corrected chi connectivity index (χ3v) is 3.06. The number of ether oxygens (including phenoxy) is 1. The highest BCUT2D eigenvalue weighted by Gasteiger charge is 2.16. The standard InChI is InChI=1S/C15H24N2O2/c1-12(2)17(9-10-19-3)15(18)8-7-13-5-4-6-14(16)11-13/h4-6,11-12H,7-10,16H2,1-3H3. The Labute approximate surface area is 115 Å². The molecule has 4 heteroatoms. The fourth-order valence-corrected chi connectivity index (χ4v) is 2.00. The van der Waals surface area contributed by atoms with Crippen molar-refractivity contribution in [1.82, 2.24) is 4.90 Å². The number of nitrogens with two attached hydrogens (primary N) is 1. The summed E-state index contributed by atoms with van der Waals surface area (Å²) in [5.74, 6) is 0.162. The predicted molar refractivity (Wildman–Crippen MR) is 77.9 cm³/mol. The van der Waals surface area contributed by atoms with E-state index in [0.29, 0.717) is 19.6 Å². The first-order valence-electron chi connectivity index (χ1n) is 6.67. The minimum atomic E-state index is 0.162. The molecule has 1 rings (SSSR count). The zero-order valence-electron chi connectivity index (χ0n) is 12.1. The van der Waals surface area contributed by atoms with Gasteiger partial charge in [0.15, 0.2) is 0 Å². The van der Waals surface area contributed by atoms with Gasteiger partial charge in [-0.1, -0.05) is 12.1 Å². The molecule has 0 aliphatic rings. The Morgan fingerprint density at radius 3 is 2.74 bits per heavy atom. The number of anilines is 1. The Balaban J connectivity index is 2.52. The number of nitrogens with zero attached hydrogens (tertiary/aromatic N) is 1. The van der Waals surface area contributed by atoms with Crippen LogP contribution in [0.4, 0.5) is 5.69 Å². The second-order valence-electron chi connectivity index (χ2n) is 4.92. The van der Waals surface area contributed by atoms with Crippen molar-refractivity contribution >= 4 is 11.6 Å². The fraction of sp³-hybridized carbons (Fsp3) is 0.533. The van der Waals surface area contributed by atoms with E-state index in [0.717, 1.165) is 17.7 Å². The molecule has 106 valence electrons. The van der Waals surface area contributed by atoms with Crippen LogP contribution in [-0.2, 0) is 16.0 Å². The van der Waals surface area contributed by atoms with Gasteiger partial charge in [-0.25, -0.2) is 0 Å². The fourth-order valence-electron chi connectivity index (χ4n) is 2.00. The lowest BCUT2D eigenvalue weighted by atomic mass is 10.1. The highest BCUT2D eigenvalue weighted by Crippen LogP contribution is 2.10. The summed E-state index contributed by atoms with van der Waals surface area (Å²) >= 11 is 0. The molecule has 0 fully saturated rings. The van der Waals surface area contributed by atoms with Gasteiger partial charge in [-0.3, -0.25) is 4.79 Å². The van der Waals surface area contributed by atoms with E-state index in [2.05, 4.69) is 0 Å². The summed E-state index contributed by atoms with van der Waals surface area (Å²) in [5, 5.41) is 0. The lowest BCUT2D eigenvalue weighted by Crippen LogP contribution is -2.39. The van der Waals surface area contributed by atoms with Gasteiger partial charge in [0.2, 0.25) is 5.91 Å². The van der Waals surface area contributed by atoms with Crippen molar-refractivity contribution in [3.05, 3.63) is 29.8 Å². The first-order chi connectivity index (χ1) is 9.04. The Kier molecular flexibility index (Phi) is 6.36. The second kappa shape index (κ2) is 7.79. The number of carbonyl (C=O) groups excluding carboxylic acids is 1. The molecule has 0 radical (unpaired) electrons. The third kappa shape index (κ3) is 5.30. The largest absolute Gasteiger partial charge is 0.399 e. The van der Waals surface area contributed by atoms with Gasteiger partial charge in [0, 0.05) is 31.8 Å². The topological polar surface area (TPSA) is 55.6 Å². The maximum atomic E-state index is 12.2. The van der Waals surface area contributed by atoms with E-state index >= 15 is 0 Å². The molecule has 2 N–H and O–H groups in total. The summed E-state index contributed by atoms with van der Waals surface area (Å²) in [6, 6.07) is 7.88. The molecule has 4 nitrogen and oxygen atoms in total. The van der Waals surface area contributed by atoms with Crippen molar-refractivity contribution in [3.63, 3.8) is 0 Å². The summed E-state index contributed by atoms with van der Waals surface area (Å²) in [6.07, 6.45) is 1.23. The average Bonchev–Trinajstić information content (AvgIpc) is 2.36. The lowest BCUT2D eigenvalue weighted by molar-refractivity contribution is -0.133. The number of amides is 1. The SMILES string of the molecule is COCCN(C(=O)CCc1cccc(N)c1)C(C)C. The zero-order valence-corrected chi connectivity index (χ0v) is 12.1. The molecule has 0 aliphatic heterocycles. The van der Waals surface area contributed by atoms with Gasteiger partial charge in [-0.2, -0.15) is 0 Å². The first kappa shape index (κ1) is 15.5. The minimum absolute atomic E-state index is 0.162. The summed E-state index contributed by atoms with van der Waals surface area (Å²) in [6.45, 7) is 5.26. The Bertz CT molecular complexity index is 405. The molecule has 0 bridgehead atoms. The normalized spacial score (nSPS) is 10.7. The number of rotatable bonds is 7. The molecular formula is C15H24N2O2. The van der Waals surface area contributed by atoms with Crippen molar-refractivity contribution in [3.8, 4) is 0 Å². The van der Waals surface area contributed by atoms with Crippen LogP contribution in [0.5, 0.6) is 0 Å². The predicted octanol–water partition coefficient (Wildman–Crippen LogP) is 2.08. The Morgan fingerprint density at radius 1 is 1.42 bits per heavy atom. The highest BCUT2D eigenvalue weighted by atomic mass is 16.5. The smallest absolute Gasteiger partial charge is 0.223 e. The number of methoxy groups -OCH3 is 1. The van der Waals surface area contributed by atoms with E-state index in [4.69, 9.17) is 10.5 Å². The number of carbonyl (C=O) groups is 1. The van der Waals surface area contributed by atoms with Gasteiger partial charge >= 0.3 is 0 Å². The molecule has 0 unspecified atom stereocenters. The Hall–Kier alpha value is -1.55. The molecule has 1 amide bonds. The maximum absolute atomic E-state index is 12.2. The number of hydrogen-bond acceptors (Lipinski definition) is 3. The maximum Gasteiger partial charge on any atom is 0.223 e. The summed E-state index contributed by atoms with van der Waals surface area (Å²) in [5.41, 5.74) is 7.57. The number of nitrogen functional groups attached to an aromatic ring is 1. The first-order valence-corrected chi connectivity index (χ1v) is 6.67. The van der Waals surface area contributed by atoms with Gasteiger partial charge in [-0.05, 0) is 38.0 Å². The van der Waals surface area contributed by atoms with E-state index in [1.54, 1.807) is 7.11 Å². The number of hydrogen-bond donors (Lipinski definition) is 1. The molecule has 0 aliphatic carbocycles.